The number of carbonyl (C=O) groups excluding carboxylic acids is 1. The van der Waals surface area contributed by atoms with Crippen LogP contribution in [-0.2, 0) is 14.8 Å². The summed E-state index contributed by atoms with van der Waals surface area (Å²) in [5.74, 6) is 0.662. The standard InChI is InChI=1S/C21H26N4O3S/c1-15(26)25-13-10-18(17-4-2-3-5-20(17)25)24-19-9-11-22-14-21(19)29(27,28)23-12-8-16-6-7-16/h2-5,9,11,14,16,18,23H,6-8,10,12-13H2,1H3,(H,22,24). The van der Waals surface area contributed by atoms with Crippen molar-refractivity contribution in [1.29, 1.82) is 0 Å². The Labute approximate surface area is 171 Å². The van der Waals surface area contributed by atoms with E-state index in [2.05, 4.69) is 15.0 Å². The molecule has 0 radical (unpaired) electrons. The number of rotatable bonds is 7. The van der Waals surface area contributed by atoms with E-state index in [4.69, 9.17) is 0 Å². The summed E-state index contributed by atoms with van der Waals surface area (Å²) in [5, 5.41) is 3.39. The molecule has 7 nitrogen and oxygen atoms in total. The Morgan fingerprint density at radius 2 is 2.00 bits per heavy atom. The van der Waals surface area contributed by atoms with E-state index >= 15 is 0 Å². The number of anilines is 2. The van der Waals surface area contributed by atoms with Crippen molar-refractivity contribution in [3.05, 3.63) is 48.3 Å². The third-order valence-corrected chi connectivity index (χ3v) is 7.06. The lowest BCUT2D eigenvalue weighted by Crippen LogP contribution is -2.36. The molecule has 154 valence electrons. The van der Waals surface area contributed by atoms with Gasteiger partial charge in [0.05, 0.1) is 11.7 Å². The molecule has 1 aliphatic carbocycles. The summed E-state index contributed by atoms with van der Waals surface area (Å²) in [6, 6.07) is 9.34. The van der Waals surface area contributed by atoms with Gasteiger partial charge in [0.1, 0.15) is 4.90 Å². The van der Waals surface area contributed by atoms with Gasteiger partial charge in [0, 0.05) is 38.1 Å². The van der Waals surface area contributed by atoms with Gasteiger partial charge in [-0.15, -0.1) is 0 Å². The molecule has 29 heavy (non-hydrogen) atoms. The molecule has 4 rings (SSSR count). The number of sulfonamides is 1. The Bertz CT molecular complexity index is 1000. The number of amides is 1. The number of nitrogens with zero attached hydrogens (tertiary/aromatic N) is 2. The maximum atomic E-state index is 12.8. The Kier molecular flexibility index (Phi) is 5.56. The average Bonchev–Trinajstić information content (AvgIpc) is 3.52. The lowest BCUT2D eigenvalue weighted by molar-refractivity contribution is -0.116. The molecule has 8 heteroatoms. The summed E-state index contributed by atoms with van der Waals surface area (Å²) in [7, 11) is -3.65. The van der Waals surface area contributed by atoms with Gasteiger partial charge in [-0.3, -0.25) is 9.78 Å². The van der Waals surface area contributed by atoms with E-state index in [-0.39, 0.29) is 16.8 Å². The van der Waals surface area contributed by atoms with E-state index < -0.39 is 10.0 Å². The Balaban J connectivity index is 1.57. The molecular weight excluding hydrogens is 388 g/mol. The van der Waals surface area contributed by atoms with Gasteiger partial charge in [-0.05, 0) is 36.5 Å². The van der Waals surface area contributed by atoms with Crippen LogP contribution < -0.4 is 14.9 Å². The molecule has 0 spiro atoms. The van der Waals surface area contributed by atoms with Crippen molar-refractivity contribution < 1.29 is 13.2 Å². The smallest absolute Gasteiger partial charge is 0.244 e. The zero-order valence-electron chi connectivity index (χ0n) is 16.5. The van der Waals surface area contributed by atoms with Crippen LogP contribution in [0, 0.1) is 5.92 Å². The van der Waals surface area contributed by atoms with Gasteiger partial charge in [-0.2, -0.15) is 0 Å². The van der Waals surface area contributed by atoms with Gasteiger partial charge >= 0.3 is 0 Å². The summed E-state index contributed by atoms with van der Waals surface area (Å²) in [5.41, 5.74) is 2.37. The molecule has 1 amide bonds. The predicted octanol–water partition coefficient (Wildman–Crippen LogP) is 3.07. The SMILES string of the molecule is CC(=O)N1CCC(Nc2ccncc2S(=O)(=O)NCCC2CC2)c2ccccc21. The molecular formula is C21H26N4O3S. The van der Waals surface area contributed by atoms with Gasteiger partial charge in [0.25, 0.3) is 0 Å². The first-order valence-corrected chi connectivity index (χ1v) is 11.5. The molecule has 0 bridgehead atoms. The number of aromatic nitrogens is 1. The van der Waals surface area contributed by atoms with Crippen molar-refractivity contribution in [3.63, 3.8) is 0 Å². The topological polar surface area (TPSA) is 91.4 Å². The van der Waals surface area contributed by atoms with Crippen LogP contribution >= 0.6 is 0 Å². The van der Waals surface area contributed by atoms with Gasteiger partial charge in [0.15, 0.2) is 0 Å². The van der Waals surface area contributed by atoms with Gasteiger partial charge in [0.2, 0.25) is 15.9 Å². The Morgan fingerprint density at radius 1 is 1.21 bits per heavy atom. The fourth-order valence-corrected chi connectivity index (χ4v) is 4.98. The van der Waals surface area contributed by atoms with E-state index in [1.165, 1.54) is 19.0 Å². The van der Waals surface area contributed by atoms with Crippen molar-refractivity contribution >= 4 is 27.3 Å². The summed E-state index contributed by atoms with van der Waals surface area (Å²) in [6.07, 6.45) is 6.92. The monoisotopic (exact) mass is 414 g/mol. The average molecular weight is 415 g/mol. The predicted molar refractivity (Wildman–Crippen MR) is 112 cm³/mol. The van der Waals surface area contributed by atoms with Gasteiger partial charge < -0.3 is 10.2 Å². The molecule has 2 aliphatic rings. The fourth-order valence-electron chi connectivity index (χ4n) is 3.82. The van der Waals surface area contributed by atoms with Gasteiger partial charge in [-0.1, -0.05) is 31.0 Å². The highest BCUT2D eigenvalue weighted by Gasteiger charge is 2.29. The highest BCUT2D eigenvalue weighted by molar-refractivity contribution is 7.89. The number of carbonyl (C=O) groups is 1. The van der Waals surface area contributed by atoms with Crippen LogP contribution in [0.3, 0.4) is 0 Å². The van der Waals surface area contributed by atoms with Crippen LogP contribution in [0.2, 0.25) is 0 Å². The molecule has 1 fully saturated rings. The fraction of sp³-hybridized carbons (Fsp3) is 0.429. The number of hydrogen-bond donors (Lipinski definition) is 2. The maximum Gasteiger partial charge on any atom is 0.244 e. The summed E-state index contributed by atoms with van der Waals surface area (Å²) < 4.78 is 28.4. The van der Waals surface area contributed by atoms with Crippen molar-refractivity contribution in [3.8, 4) is 0 Å². The molecule has 1 unspecified atom stereocenters. The third-order valence-electron chi connectivity index (χ3n) is 5.57. The molecule has 2 N–H and O–H groups in total. The van der Waals surface area contributed by atoms with E-state index in [1.54, 1.807) is 24.1 Å². The molecule has 1 aromatic heterocycles. The number of pyridine rings is 1. The van der Waals surface area contributed by atoms with E-state index in [0.717, 1.165) is 17.7 Å². The van der Waals surface area contributed by atoms with Crippen LogP contribution in [0.4, 0.5) is 11.4 Å². The highest BCUT2D eigenvalue weighted by Crippen LogP contribution is 2.37. The summed E-state index contributed by atoms with van der Waals surface area (Å²) in [4.78, 5) is 17.9. The highest BCUT2D eigenvalue weighted by atomic mass is 32.2. The van der Waals surface area contributed by atoms with E-state index in [1.807, 2.05) is 24.3 Å². The quantitative estimate of drug-likeness (QED) is 0.727. The number of nitrogens with one attached hydrogen (secondary N) is 2. The first-order valence-electron chi connectivity index (χ1n) is 10.0. The Morgan fingerprint density at radius 3 is 2.76 bits per heavy atom. The van der Waals surface area contributed by atoms with Crippen LogP contribution in [-0.4, -0.2) is 32.4 Å². The summed E-state index contributed by atoms with van der Waals surface area (Å²) in [6.45, 7) is 2.59. The van der Waals surface area contributed by atoms with Crippen LogP contribution in [0.5, 0.6) is 0 Å². The second-order valence-electron chi connectivity index (χ2n) is 7.72. The number of para-hydroxylation sites is 1. The first-order chi connectivity index (χ1) is 14.0. The molecule has 2 heterocycles. The van der Waals surface area contributed by atoms with Crippen molar-refractivity contribution in [1.82, 2.24) is 9.71 Å². The number of fused-ring (bicyclic) bond motifs is 1. The molecule has 1 saturated carbocycles. The lowest BCUT2D eigenvalue weighted by Gasteiger charge is -2.34. The second kappa shape index (κ2) is 8.12. The van der Waals surface area contributed by atoms with Crippen molar-refractivity contribution in [2.75, 3.05) is 23.3 Å². The van der Waals surface area contributed by atoms with Crippen LogP contribution in [0.1, 0.15) is 44.2 Å². The molecule has 2 aromatic rings. The minimum atomic E-state index is -3.65. The third kappa shape index (κ3) is 4.43. The number of hydrogen-bond acceptors (Lipinski definition) is 5. The van der Waals surface area contributed by atoms with E-state index in [9.17, 15) is 13.2 Å². The van der Waals surface area contributed by atoms with Gasteiger partial charge in [-0.25, -0.2) is 13.1 Å². The largest absolute Gasteiger partial charge is 0.377 e. The maximum absolute atomic E-state index is 12.8. The van der Waals surface area contributed by atoms with E-state index in [0.29, 0.717) is 31.1 Å². The summed E-state index contributed by atoms with van der Waals surface area (Å²) >= 11 is 0. The normalized spacial score (nSPS) is 18.9. The second-order valence-corrected chi connectivity index (χ2v) is 9.45. The molecule has 1 aliphatic heterocycles. The zero-order valence-corrected chi connectivity index (χ0v) is 17.3. The van der Waals surface area contributed by atoms with Crippen LogP contribution in [0.15, 0.2) is 47.6 Å². The lowest BCUT2D eigenvalue weighted by atomic mass is 9.96. The molecule has 1 aromatic carbocycles. The number of benzene rings is 1. The van der Waals surface area contributed by atoms with Crippen molar-refractivity contribution in [2.45, 2.75) is 43.5 Å². The van der Waals surface area contributed by atoms with Crippen LogP contribution in [0.25, 0.3) is 0 Å². The molecule has 0 saturated heterocycles. The first kappa shape index (κ1) is 19.8. The zero-order chi connectivity index (χ0) is 20.4. The van der Waals surface area contributed by atoms with Crippen molar-refractivity contribution in [2.24, 2.45) is 5.92 Å². The minimum absolute atomic E-state index is 0.00272. The Hall–Kier alpha value is -2.45. The minimum Gasteiger partial charge on any atom is -0.377 e. The molecule has 1 atom stereocenters.